The first-order valence-corrected chi connectivity index (χ1v) is 11.6. The molecular weight excluding hydrogens is 444 g/mol. The average molecular weight is 473 g/mol. The average Bonchev–Trinajstić information content (AvgIpc) is 3.19. The number of nitrogens with one attached hydrogen (secondary N) is 2. The summed E-state index contributed by atoms with van der Waals surface area (Å²) in [5.74, 6) is -2.41. The van der Waals surface area contributed by atoms with E-state index in [-0.39, 0.29) is 12.5 Å². The van der Waals surface area contributed by atoms with E-state index in [0.29, 0.717) is 5.56 Å². The van der Waals surface area contributed by atoms with Crippen LogP contribution >= 0.6 is 0 Å². The van der Waals surface area contributed by atoms with Gasteiger partial charge < -0.3 is 20.5 Å². The van der Waals surface area contributed by atoms with Crippen LogP contribution in [0.4, 0.5) is 4.79 Å². The molecule has 0 saturated carbocycles. The van der Waals surface area contributed by atoms with E-state index in [4.69, 9.17) is 4.74 Å². The molecule has 0 heterocycles. The number of fused-ring (bicyclic) bond motifs is 3. The van der Waals surface area contributed by atoms with Crippen molar-refractivity contribution in [3.8, 4) is 11.1 Å². The van der Waals surface area contributed by atoms with Gasteiger partial charge in [0.1, 0.15) is 12.6 Å². The predicted molar refractivity (Wildman–Crippen MR) is 132 cm³/mol. The molecule has 3 unspecified atom stereocenters. The molecule has 3 N–H and O–H groups in total. The number of rotatable bonds is 8. The molecule has 0 spiro atoms. The highest BCUT2D eigenvalue weighted by molar-refractivity contribution is 5.87. The van der Waals surface area contributed by atoms with E-state index < -0.39 is 36.0 Å². The summed E-state index contributed by atoms with van der Waals surface area (Å²) >= 11 is 0. The topological polar surface area (TPSA) is 105 Å². The fraction of sp³-hybridized carbons (Fsp3) is 0.250. The molecule has 7 heteroatoms. The monoisotopic (exact) mass is 472 g/mol. The Bertz CT molecular complexity index is 1180. The summed E-state index contributed by atoms with van der Waals surface area (Å²) in [5.41, 5.74) is 5.00. The molecule has 0 radical (unpaired) electrons. The highest BCUT2D eigenvalue weighted by Crippen LogP contribution is 2.44. The van der Waals surface area contributed by atoms with Gasteiger partial charge in [-0.05, 0) is 41.7 Å². The van der Waals surface area contributed by atoms with Crippen molar-refractivity contribution in [2.24, 2.45) is 5.92 Å². The molecule has 0 saturated heterocycles. The van der Waals surface area contributed by atoms with Crippen molar-refractivity contribution in [1.29, 1.82) is 0 Å². The molecule has 0 aromatic heterocycles. The Balaban J connectivity index is 1.47. The Morgan fingerprint density at radius 2 is 1.37 bits per heavy atom. The molecule has 0 fully saturated rings. The van der Waals surface area contributed by atoms with Gasteiger partial charge in [0.15, 0.2) is 0 Å². The van der Waals surface area contributed by atoms with Crippen molar-refractivity contribution < 1.29 is 24.2 Å². The normalized spacial score (nSPS) is 14.7. The first-order valence-electron chi connectivity index (χ1n) is 11.6. The molecule has 35 heavy (non-hydrogen) atoms. The summed E-state index contributed by atoms with van der Waals surface area (Å²) < 4.78 is 5.61. The molecule has 2 amide bonds. The maximum Gasteiger partial charge on any atom is 0.408 e. The Labute approximate surface area is 204 Å². The molecule has 3 atom stereocenters. The molecule has 0 bridgehead atoms. The lowest BCUT2D eigenvalue weighted by molar-refractivity contribution is -0.142. The van der Waals surface area contributed by atoms with Gasteiger partial charge in [0.05, 0.1) is 5.92 Å². The third-order valence-corrected chi connectivity index (χ3v) is 6.51. The number of ether oxygens (including phenoxy) is 1. The molecular formula is C28H28N2O5. The Kier molecular flexibility index (Phi) is 7.15. The van der Waals surface area contributed by atoms with Crippen LogP contribution in [-0.4, -0.2) is 35.7 Å². The molecule has 180 valence electrons. The molecule has 1 aliphatic rings. The Morgan fingerprint density at radius 3 is 1.94 bits per heavy atom. The second-order valence-electron chi connectivity index (χ2n) is 8.74. The first-order chi connectivity index (χ1) is 16.9. The number of carboxylic acids is 1. The molecule has 3 aromatic rings. The van der Waals surface area contributed by atoms with Crippen molar-refractivity contribution in [2.45, 2.75) is 31.8 Å². The third kappa shape index (κ3) is 5.19. The van der Waals surface area contributed by atoms with Gasteiger partial charge in [-0.15, -0.1) is 0 Å². The van der Waals surface area contributed by atoms with Crippen LogP contribution in [0.5, 0.6) is 0 Å². The maximum absolute atomic E-state index is 13.0. The Hall–Kier alpha value is -4.13. The summed E-state index contributed by atoms with van der Waals surface area (Å²) in [6, 6.07) is 23.2. The standard InChI is InChI=1S/C28H28N2O5/c1-17(27(32)33)18(2)29-26(31)25(19-10-4-3-5-11-19)30-28(34)35-16-24-22-14-8-6-12-20(22)21-13-7-9-15-23(21)24/h3-15,17-18,24-25H,16H2,1-2H3,(H,29,31)(H,30,34)(H,32,33). The van der Waals surface area contributed by atoms with Crippen LogP contribution in [0.2, 0.25) is 0 Å². The predicted octanol–water partition coefficient (Wildman–Crippen LogP) is 4.49. The first kappa shape index (κ1) is 24.0. The van der Waals surface area contributed by atoms with Gasteiger partial charge in [-0.3, -0.25) is 9.59 Å². The fourth-order valence-electron chi connectivity index (χ4n) is 4.35. The third-order valence-electron chi connectivity index (χ3n) is 6.51. The summed E-state index contributed by atoms with van der Waals surface area (Å²) in [6.45, 7) is 3.26. The Morgan fingerprint density at radius 1 is 0.829 bits per heavy atom. The van der Waals surface area contributed by atoms with Crippen LogP contribution in [0.3, 0.4) is 0 Å². The molecule has 4 rings (SSSR count). The minimum absolute atomic E-state index is 0.103. The molecule has 7 nitrogen and oxygen atoms in total. The zero-order chi connectivity index (χ0) is 24.9. The van der Waals surface area contributed by atoms with Crippen molar-refractivity contribution in [1.82, 2.24) is 10.6 Å². The van der Waals surface area contributed by atoms with Crippen LogP contribution in [0, 0.1) is 5.92 Å². The second kappa shape index (κ2) is 10.4. The van der Waals surface area contributed by atoms with E-state index in [1.165, 1.54) is 6.92 Å². The number of benzene rings is 3. The van der Waals surface area contributed by atoms with Crippen LogP contribution in [-0.2, 0) is 14.3 Å². The lowest BCUT2D eigenvalue weighted by Crippen LogP contribution is -2.46. The summed E-state index contributed by atoms with van der Waals surface area (Å²) in [4.78, 5) is 37.1. The number of hydrogen-bond acceptors (Lipinski definition) is 4. The van der Waals surface area contributed by atoms with Gasteiger partial charge in [0, 0.05) is 12.0 Å². The van der Waals surface area contributed by atoms with Crippen LogP contribution in [0.25, 0.3) is 11.1 Å². The lowest BCUT2D eigenvalue weighted by atomic mass is 9.98. The number of amides is 2. The number of aliphatic carboxylic acids is 1. The van der Waals surface area contributed by atoms with E-state index in [1.54, 1.807) is 37.3 Å². The van der Waals surface area contributed by atoms with Crippen molar-refractivity contribution in [3.05, 3.63) is 95.6 Å². The van der Waals surface area contributed by atoms with E-state index >= 15 is 0 Å². The number of carbonyl (C=O) groups excluding carboxylic acids is 2. The van der Waals surface area contributed by atoms with E-state index in [9.17, 15) is 19.5 Å². The zero-order valence-corrected chi connectivity index (χ0v) is 19.6. The van der Waals surface area contributed by atoms with Gasteiger partial charge in [0.2, 0.25) is 5.91 Å². The van der Waals surface area contributed by atoms with E-state index in [2.05, 4.69) is 22.8 Å². The highest BCUT2D eigenvalue weighted by atomic mass is 16.5. The highest BCUT2D eigenvalue weighted by Gasteiger charge is 2.31. The largest absolute Gasteiger partial charge is 0.481 e. The lowest BCUT2D eigenvalue weighted by Gasteiger charge is -2.23. The van der Waals surface area contributed by atoms with Gasteiger partial charge >= 0.3 is 12.1 Å². The molecule has 3 aromatic carbocycles. The number of carboxylic acid groups (broad SMARTS) is 1. The van der Waals surface area contributed by atoms with Gasteiger partial charge in [-0.25, -0.2) is 4.79 Å². The van der Waals surface area contributed by atoms with Crippen LogP contribution < -0.4 is 10.6 Å². The van der Waals surface area contributed by atoms with Gasteiger partial charge in [0.25, 0.3) is 0 Å². The van der Waals surface area contributed by atoms with Crippen molar-refractivity contribution in [3.63, 3.8) is 0 Å². The minimum Gasteiger partial charge on any atom is -0.481 e. The van der Waals surface area contributed by atoms with E-state index in [1.807, 2.05) is 36.4 Å². The van der Waals surface area contributed by atoms with Gasteiger partial charge in [-0.1, -0.05) is 78.9 Å². The number of alkyl carbamates (subject to hydrolysis) is 1. The SMILES string of the molecule is CC(NC(=O)C(NC(=O)OCC1c2ccccc2-c2ccccc21)c1ccccc1)C(C)C(=O)O. The summed E-state index contributed by atoms with van der Waals surface area (Å²) in [6.07, 6.45) is -0.727. The molecule has 0 aliphatic heterocycles. The van der Waals surface area contributed by atoms with E-state index in [0.717, 1.165) is 22.3 Å². The number of carbonyl (C=O) groups is 3. The minimum atomic E-state index is -1.03. The maximum atomic E-state index is 13.0. The summed E-state index contributed by atoms with van der Waals surface area (Å²) in [7, 11) is 0. The van der Waals surface area contributed by atoms with Crippen LogP contribution in [0.1, 0.15) is 42.5 Å². The quantitative estimate of drug-likeness (QED) is 0.448. The fourth-order valence-corrected chi connectivity index (χ4v) is 4.35. The summed E-state index contributed by atoms with van der Waals surface area (Å²) in [5, 5.41) is 14.6. The number of hydrogen-bond donors (Lipinski definition) is 3. The van der Waals surface area contributed by atoms with Gasteiger partial charge in [-0.2, -0.15) is 0 Å². The van der Waals surface area contributed by atoms with Crippen molar-refractivity contribution in [2.75, 3.05) is 6.61 Å². The van der Waals surface area contributed by atoms with Crippen molar-refractivity contribution >= 4 is 18.0 Å². The smallest absolute Gasteiger partial charge is 0.408 e. The second-order valence-corrected chi connectivity index (χ2v) is 8.74. The van der Waals surface area contributed by atoms with Crippen LogP contribution in [0.15, 0.2) is 78.9 Å². The molecule has 1 aliphatic carbocycles. The zero-order valence-electron chi connectivity index (χ0n) is 19.6.